The van der Waals surface area contributed by atoms with Crippen LogP contribution in [-0.2, 0) is 28.6 Å². The number of hydrogen-bond donors (Lipinski definition) is 0. The molecule has 0 rings (SSSR count). The molecule has 0 N–H and O–H groups in total. The molecule has 0 aliphatic carbocycles. The fourth-order valence-corrected chi connectivity index (χ4v) is 7.88. The molecule has 0 aliphatic heterocycles. The molecule has 0 saturated carbocycles. The Kier molecular flexibility index (Phi) is 52.8. The lowest BCUT2D eigenvalue weighted by atomic mass is 10.1. The summed E-state index contributed by atoms with van der Waals surface area (Å²) < 4.78 is 16.8. The van der Waals surface area contributed by atoms with E-state index in [9.17, 15) is 14.4 Å². The van der Waals surface area contributed by atoms with E-state index in [2.05, 4.69) is 93.7 Å². The molecule has 386 valence electrons. The Balaban J connectivity index is 4.45. The zero-order valence-corrected chi connectivity index (χ0v) is 44.2. The van der Waals surface area contributed by atoms with Crippen LogP contribution in [0.5, 0.6) is 0 Å². The Bertz CT molecular complexity index is 1260. The van der Waals surface area contributed by atoms with E-state index in [-0.39, 0.29) is 31.1 Å². The van der Waals surface area contributed by atoms with E-state index in [1.807, 2.05) is 0 Å². The topological polar surface area (TPSA) is 78.9 Å². The molecule has 6 heteroatoms. The van der Waals surface area contributed by atoms with Crippen LogP contribution in [0.1, 0.15) is 278 Å². The average Bonchev–Trinajstić information content (AvgIpc) is 3.33. The summed E-state index contributed by atoms with van der Waals surface area (Å²) in [5.74, 6) is -0.928. The van der Waals surface area contributed by atoms with Crippen molar-refractivity contribution in [3.63, 3.8) is 0 Å². The molecule has 0 aliphatic rings. The molecule has 0 aromatic rings. The van der Waals surface area contributed by atoms with Crippen LogP contribution in [0.25, 0.3) is 0 Å². The van der Waals surface area contributed by atoms with E-state index >= 15 is 0 Å². The molecular formula is C61H106O6. The molecule has 0 fully saturated rings. The van der Waals surface area contributed by atoms with Gasteiger partial charge >= 0.3 is 17.9 Å². The van der Waals surface area contributed by atoms with E-state index in [4.69, 9.17) is 14.2 Å². The van der Waals surface area contributed by atoms with E-state index < -0.39 is 6.10 Å². The molecule has 0 bridgehead atoms. The van der Waals surface area contributed by atoms with Gasteiger partial charge in [0.1, 0.15) is 13.2 Å². The van der Waals surface area contributed by atoms with Gasteiger partial charge < -0.3 is 14.2 Å². The van der Waals surface area contributed by atoms with Crippen molar-refractivity contribution < 1.29 is 28.6 Å². The number of allylic oxidation sites excluding steroid dienone is 12. The first-order valence-corrected chi connectivity index (χ1v) is 28.5. The van der Waals surface area contributed by atoms with E-state index in [0.717, 1.165) is 103 Å². The third-order valence-corrected chi connectivity index (χ3v) is 12.2. The van der Waals surface area contributed by atoms with Crippen LogP contribution in [0, 0.1) is 0 Å². The monoisotopic (exact) mass is 935 g/mol. The maximum atomic E-state index is 12.8. The van der Waals surface area contributed by atoms with Crippen molar-refractivity contribution in [2.75, 3.05) is 13.2 Å². The van der Waals surface area contributed by atoms with Crippen LogP contribution in [0.3, 0.4) is 0 Å². The number of esters is 3. The van der Waals surface area contributed by atoms with Crippen molar-refractivity contribution in [3.05, 3.63) is 72.9 Å². The first-order valence-electron chi connectivity index (χ1n) is 28.5. The summed E-state index contributed by atoms with van der Waals surface area (Å²) in [5.41, 5.74) is 0. The smallest absolute Gasteiger partial charge is 0.306 e. The highest BCUT2D eigenvalue weighted by atomic mass is 16.6. The van der Waals surface area contributed by atoms with Crippen molar-refractivity contribution in [3.8, 4) is 0 Å². The Hall–Kier alpha value is -3.15. The molecule has 1 unspecified atom stereocenters. The van der Waals surface area contributed by atoms with E-state index in [1.165, 1.54) is 135 Å². The minimum absolute atomic E-state index is 0.0930. The third-order valence-electron chi connectivity index (χ3n) is 12.2. The summed E-state index contributed by atoms with van der Waals surface area (Å²) in [4.78, 5) is 38.1. The highest BCUT2D eigenvalue weighted by Crippen LogP contribution is 2.14. The number of rotatable bonds is 51. The van der Waals surface area contributed by atoms with Gasteiger partial charge in [0.2, 0.25) is 0 Å². The molecule has 0 saturated heterocycles. The highest BCUT2D eigenvalue weighted by molar-refractivity contribution is 5.71. The van der Waals surface area contributed by atoms with Crippen LogP contribution in [0.2, 0.25) is 0 Å². The Morgan fingerprint density at radius 1 is 0.313 bits per heavy atom. The van der Waals surface area contributed by atoms with E-state index in [1.54, 1.807) is 0 Å². The molecule has 0 aromatic heterocycles. The lowest BCUT2D eigenvalue weighted by molar-refractivity contribution is -0.167. The van der Waals surface area contributed by atoms with Crippen LogP contribution < -0.4 is 0 Å². The summed E-state index contributed by atoms with van der Waals surface area (Å²) in [5, 5.41) is 0. The van der Waals surface area contributed by atoms with Crippen molar-refractivity contribution >= 4 is 17.9 Å². The van der Waals surface area contributed by atoms with Gasteiger partial charge in [-0.2, -0.15) is 0 Å². The largest absolute Gasteiger partial charge is 0.462 e. The molecule has 6 nitrogen and oxygen atoms in total. The third kappa shape index (κ3) is 53.7. The number of unbranched alkanes of at least 4 members (excludes halogenated alkanes) is 30. The quantitative estimate of drug-likeness (QED) is 0.0199. The van der Waals surface area contributed by atoms with Crippen molar-refractivity contribution in [2.24, 2.45) is 0 Å². The maximum absolute atomic E-state index is 12.8. The van der Waals surface area contributed by atoms with Gasteiger partial charge in [-0.3, -0.25) is 14.4 Å². The van der Waals surface area contributed by atoms with Gasteiger partial charge in [0.05, 0.1) is 0 Å². The van der Waals surface area contributed by atoms with Gasteiger partial charge in [-0.05, 0) is 103 Å². The zero-order chi connectivity index (χ0) is 48.6. The lowest BCUT2D eigenvalue weighted by Crippen LogP contribution is -2.30. The Labute approximate surface area is 414 Å². The first kappa shape index (κ1) is 63.8. The molecule has 0 radical (unpaired) electrons. The van der Waals surface area contributed by atoms with Gasteiger partial charge in [0.15, 0.2) is 6.10 Å². The van der Waals surface area contributed by atoms with Crippen LogP contribution in [0.4, 0.5) is 0 Å². The van der Waals surface area contributed by atoms with Crippen molar-refractivity contribution in [1.29, 1.82) is 0 Å². The van der Waals surface area contributed by atoms with E-state index in [0.29, 0.717) is 19.3 Å². The average molecular weight is 936 g/mol. The molecule has 0 heterocycles. The first-order chi connectivity index (χ1) is 33.0. The maximum Gasteiger partial charge on any atom is 0.306 e. The zero-order valence-electron chi connectivity index (χ0n) is 44.2. The second-order valence-electron chi connectivity index (χ2n) is 18.9. The number of ether oxygens (including phenoxy) is 3. The summed E-state index contributed by atoms with van der Waals surface area (Å²) >= 11 is 0. The predicted molar refractivity (Wildman–Crippen MR) is 288 cm³/mol. The highest BCUT2D eigenvalue weighted by Gasteiger charge is 2.19. The van der Waals surface area contributed by atoms with Gasteiger partial charge in [-0.25, -0.2) is 0 Å². The lowest BCUT2D eigenvalue weighted by Gasteiger charge is -2.18. The molecule has 0 spiro atoms. The fourth-order valence-electron chi connectivity index (χ4n) is 7.88. The minimum Gasteiger partial charge on any atom is -0.462 e. The number of hydrogen-bond acceptors (Lipinski definition) is 6. The van der Waals surface area contributed by atoms with Gasteiger partial charge in [0.25, 0.3) is 0 Å². The Morgan fingerprint density at radius 3 is 1.00 bits per heavy atom. The normalized spacial score (nSPS) is 12.6. The molecule has 1 atom stereocenters. The van der Waals surface area contributed by atoms with Gasteiger partial charge in [-0.15, -0.1) is 0 Å². The minimum atomic E-state index is -0.794. The summed E-state index contributed by atoms with van der Waals surface area (Å²) in [6, 6.07) is 0. The van der Waals surface area contributed by atoms with Crippen LogP contribution in [0.15, 0.2) is 72.9 Å². The molecule has 0 amide bonds. The van der Waals surface area contributed by atoms with Gasteiger partial charge in [-0.1, -0.05) is 229 Å². The summed E-state index contributed by atoms with van der Waals surface area (Å²) in [6.45, 7) is 6.57. The number of carbonyl (C=O) groups excluding carboxylic acids is 3. The predicted octanol–water partition coefficient (Wildman–Crippen LogP) is 19.0. The molecule has 0 aromatic carbocycles. The van der Waals surface area contributed by atoms with Crippen LogP contribution >= 0.6 is 0 Å². The molecule has 67 heavy (non-hydrogen) atoms. The fraction of sp³-hybridized carbons (Fsp3) is 0.754. The van der Waals surface area contributed by atoms with Crippen molar-refractivity contribution in [1.82, 2.24) is 0 Å². The van der Waals surface area contributed by atoms with Crippen LogP contribution in [-0.4, -0.2) is 37.2 Å². The summed E-state index contributed by atoms with van der Waals surface area (Å²) in [6.07, 6.45) is 70.2. The SMILES string of the molecule is CCCCC/C=C\C/C=C\CCCCCCCCCC(=O)OC(COC(=O)CCCCC/C=C\CCCCCCCCC)COC(=O)CCCCCCC\C=C/C=C\C=C/CCCCCCC. The van der Waals surface area contributed by atoms with Crippen molar-refractivity contribution in [2.45, 2.75) is 284 Å². The second kappa shape index (κ2) is 55.4. The summed E-state index contributed by atoms with van der Waals surface area (Å²) in [7, 11) is 0. The standard InChI is InChI=1S/C61H106O6/c1-4-7-10-13-16-19-22-25-28-30-32-33-36-39-42-45-48-51-54-60(63)66-57-58(56-65-59(62)53-50-47-44-41-38-35-27-24-21-18-15-12-9-6-3)67-61(64)55-52-49-46-43-40-37-34-31-29-26-23-20-17-14-11-8-5-2/h17,20,22,25-26,28-30,32-33,35,38,58H,4-16,18-19,21,23-24,27,31,34,36-37,39-57H2,1-3H3/b20-17-,25-22-,29-26-,30-28-,33-32-,38-35-. The second-order valence-corrected chi connectivity index (χ2v) is 18.9. The Morgan fingerprint density at radius 2 is 0.597 bits per heavy atom. The molecular weight excluding hydrogens is 829 g/mol. The van der Waals surface area contributed by atoms with Gasteiger partial charge in [0, 0.05) is 19.3 Å². The number of carbonyl (C=O) groups is 3.